The summed E-state index contributed by atoms with van der Waals surface area (Å²) in [5, 5.41) is 19.0. The molecule has 4 nitrogen and oxygen atoms in total. The van der Waals surface area contributed by atoms with E-state index in [1.807, 2.05) is 0 Å². The topological polar surface area (TPSA) is 70.4 Å². The summed E-state index contributed by atoms with van der Waals surface area (Å²) in [6.45, 7) is 0. The number of hydrogen-bond donors (Lipinski definition) is 2. The van der Waals surface area contributed by atoms with Crippen LogP contribution in [-0.2, 0) is 0 Å². The number of aromatic hydroxyl groups is 1. The van der Waals surface area contributed by atoms with Crippen molar-refractivity contribution in [3.8, 4) is 5.75 Å². The monoisotopic (exact) mass is 267 g/mol. The average Bonchev–Trinajstić information content (AvgIpc) is 2.19. The van der Waals surface area contributed by atoms with Gasteiger partial charge in [0.1, 0.15) is 17.0 Å². The molecule has 1 heterocycles. The summed E-state index contributed by atoms with van der Waals surface area (Å²) in [6.07, 6.45) is 0. The molecule has 1 aromatic heterocycles. The minimum Gasteiger partial charge on any atom is -0.506 e. The number of aromatic nitrogens is 1. The van der Waals surface area contributed by atoms with Gasteiger partial charge in [0.2, 0.25) is 0 Å². The molecule has 0 atom stereocenters. The number of carboxylic acids is 1. The van der Waals surface area contributed by atoms with Gasteiger partial charge in [0.05, 0.1) is 0 Å². The number of carbonyl (C=O) groups is 1. The molecule has 0 saturated heterocycles. The van der Waals surface area contributed by atoms with Gasteiger partial charge in [0.25, 0.3) is 0 Å². The molecule has 76 valence electrons. The van der Waals surface area contributed by atoms with Gasteiger partial charge < -0.3 is 10.2 Å². The molecule has 1 aromatic carbocycles. The summed E-state index contributed by atoms with van der Waals surface area (Å²) in [4.78, 5) is 14.6. The van der Waals surface area contributed by atoms with Crippen molar-refractivity contribution in [3.63, 3.8) is 0 Å². The Kier molecular flexibility index (Phi) is 2.32. The highest BCUT2D eigenvalue weighted by molar-refractivity contribution is 9.10. The van der Waals surface area contributed by atoms with E-state index in [4.69, 9.17) is 5.11 Å². The number of nitrogens with zero attached hydrogens (tertiary/aromatic N) is 1. The minimum absolute atomic E-state index is 0.0312. The van der Waals surface area contributed by atoms with Crippen molar-refractivity contribution in [1.82, 2.24) is 4.98 Å². The van der Waals surface area contributed by atoms with E-state index in [0.29, 0.717) is 9.86 Å². The highest BCUT2D eigenvalue weighted by atomic mass is 79.9. The zero-order valence-electron chi connectivity index (χ0n) is 7.44. The molecule has 0 saturated carbocycles. The molecule has 0 spiro atoms. The number of fused-ring (bicyclic) bond motifs is 1. The van der Waals surface area contributed by atoms with Crippen LogP contribution in [0.5, 0.6) is 5.75 Å². The van der Waals surface area contributed by atoms with Crippen molar-refractivity contribution in [1.29, 1.82) is 0 Å². The Morgan fingerprint density at radius 1 is 1.40 bits per heavy atom. The summed E-state index contributed by atoms with van der Waals surface area (Å²) < 4.78 is 0.598. The third-order valence-corrected chi connectivity index (χ3v) is 2.64. The molecule has 2 rings (SSSR count). The van der Waals surface area contributed by atoms with Crippen LogP contribution in [0.3, 0.4) is 0 Å². The minimum atomic E-state index is -1.12. The molecule has 0 aliphatic carbocycles. The molecule has 0 radical (unpaired) electrons. The lowest BCUT2D eigenvalue weighted by Crippen LogP contribution is -2.00. The maximum absolute atomic E-state index is 10.7. The zero-order chi connectivity index (χ0) is 11.0. The van der Waals surface area contributed by atoms with Gasteiger partial charge in [-0.2, -0.15) is 0 Å². The molecular weight excluding hydrogens is 262 g/mol. The highest BCUT2D eigenvalue weighted by Gasteiger charge is 2.11. The van der Waals surface area contributed by atoms with Crippen molar-refractivity contribution >= 4 is 32.8 Å². The maximum atomic E-state index is 10.7. The third kappa shape index (κ3) is 1.66. The lowest BCUT2D eigenvalue weighted by molar-refractivity contribution is 0.0691. The lowest BCUT2D eigenvalue weighted by atomic mass is 10.2. The molecule has 2 N–H and O–H groups in total. The number of aromatic carboxylic acids is 1. The molecule has 5 heteroatoms. The summed E-state index contributed by atoms with van der Waals surface area (Å²) in [7, 11) is 0. The first kappa shape index (κ1) is 9.92. The SMILES string of the molecule is O=C(O)c1cc(Br)c2cccc(O)c2n1. The molecular formula is C10H6BrNO3. The molecule has 0 amide bonds. The van der Waals surface area contributed by atoms with Gasteiger partial charge in [0.15, 0.2) is 0 Å². The Morgan fingerprint density at radius 3 is 2.80 bits per heavy atom. The predicted octanol–water partition coefficient (Wildman–Crippen LogP) is 2.40. The van der Waals surface area contributed by atoms with Crippen molar-refractivity contribution in [2.75, 3.05) is 0 Å². The third-order valence-electron chi connectivity index (χ3n) is 1.99. The zero-order valence-corrected chi connectivity index (χ0v) is 9.02. The van der Waals surface area contributed by atoms with E-state index in [1.54, 1.807) is 12.1 Å². The van der Waals surface area contributed by atoms with E-state index in [2.05, 4.69) is 20.9 Å². The van der Waals surface area contributed by atoms with Crippen LogP contribution >= 0.6 is 15.9 Å². The number of hydrogen-bond acceptors (Lipinski definition) is 3. The average molecular weight is 268 g/mol. The fourth-order valence-electron chi connectivity index (χ4n) is 1.30. The van der Waals surface area contributed by atoms with E-state index < -0.39 is 5.97 Å². The Hall–Kier alpha value is -1.62. The second-order valence-electron chi connectivity index (χ2n) is 2.97. The Bertz CT molecular complexity index is 554. The van der Waals surface area contributed by atoms with Crippen molar-refractivity contribution in [2.24, 2.45) is 0 Å². The van der Waals surface area contributed by atoms with Crippen LogP contribution in [0.1, 0.15) is 10.5 Å². The van der Waals surface area contributed by atoms with Gasteiger partial charge in [-0.1, -0.05) is 28.1 Å². The van der Waals surface area contributed by atoms with Gasteiger partial charge in [-0.05, 0) is 12.1 Å². The number of pyridine rings is 1. The summed E-state index contributed by atoms with van der Waals surface area (Å²) in [5.74, 6) is -1.16. The molecule has 2 aromatic rings. The smallest absolute Gasteiger partial charge is 0.354 e. The van der Waals surface area contributed by atoms with Crippen LogP contribution < -0.4 is 0 Å². The molecule has 0 fully saturated rings. The van der Waals surface area contributed by atoms with Crippen LogP contribution in [0.2, 0.25) is 0 Å². The number of phenols is 1. The van der Waals surface area contributed by atoms with Gasteiger partial charge in [0, 0.05) is 9.86 Å². The Balaban J connectivity index is 2.85. The van der Waals surface area contributed by atoms with Crippen LogP contribution in [0.15, 0.2) is 28.7 Å². The largest absolute Gasteiger partial charge is 0.506 e. The van der Waals surface area contributed by atoms with Crippen LogP contribution in [0.4, 0.5) is 0 Å². The first-order chi connectivity index (χ1) is 7.09. The van der Waals surface area contributed by atoms with E-state index >= 15 is 0 Å². The predicted molar refractivity (Wildman–Crippen MR) is 58.1 cm³/mol. The standard InChI is InChI=1S/C10H6BrNO3/c11-6-4-7(10(14)15)12-9-5(6)2-1-3-8(9)13/h1-4,13H,(H,14,15). The van der Waals surface area contributed by atoms with E-state index in [9.17, 15) is 9.90 Å². The second-order valence-corrected chi connectivity index (χ2v) is 3.82. The first-order valence-corrected chi connectivity index (χ1v) is 4.90. The molecule has 0 aliphatic heterocycles. The fraction of sp³-hybridized carbons (Fsp3) is 0. The van der Waals surface area contributed by atoms with Crippen LogP contribution in [0.25, 0.3) is 10.9 Å². The molecule has 0 bridgehead atoms. The van der Waals surface area contributed by atoms with Crippen LogP contribution in [-0.4, -0.2) is 21.2 Å². The summed E-state index contributed by atoms with van der Waals surface area (Å²) in [5.41, 5.74) is 0.181. The Morgan fingerprint density at radius 2 is 2.13 bits per heavy atom. The number of benzene rings is 1. The van der Waals surface area contributed by atoms with Gasteiger partial charge in [-0.25, -0.2) is 9.78 Å². The summed E-state index contributed by atoms with van der Waals surface area (Å²) >= 11 is 3.24. The van der Waals surface area contributed by atoms with Crippen LogP contribution in [0, 0.1) is 0 Å². The molecule has 15 heavy (non-hydrogen) atoms. The van der Waals surface area contributed by atoms with E-state index in [1.165, 1.54) is 12.1 Å². The van der Waals surface area contributed by atoms with Gasteiger partial charge in [-0.3, -0.25) is 0 Å². The number of para-hydroxylation sites is 1. The maximum Gasteiger partial charge on any atom is 0.354 e. The highest BCUT2D eigenvalue weighted by Crippen LogP contribution is 2.29. The Labute approximate surface area is 93.3 Å². The first-order valence-electron chi connectivity index (χ1n) is 4.11. The number of rotatable bonds is 1. The fourth-order valence-corrected chi connectivity index (χ4v) is 1.84. The van der Waals surface area contributed by atoms with E-state index in [-0.39, 0.29) is 17.0 Å². The second kappa shape index (κ2) is 3.51. The number of phenolic OH excluding ortho intramolecular Hbond substituents is 1. The van der Waals surface area contributed by atoms with Crippen molar-refractivity contribution in [2.45, 2.75) is 0 Å². The number of carboxylic acid groups (broad SMARTS) is 1. The molecule has 0 unspecified atom stereocenters. The van der Waals surface area contributed by atoms with Gasteiger partial charge in [-0.15, -0.1) is 0 Å². The van der Waals surface area contributed by atoms with E-state index in [0.717, 1.165) is 0 Å². The van der Waals surface area contributed by atoms with Crippen molar-refractivity contribution < 1.29 is 15.0 Å². The normalized spacial score (nSPS) is 10.5. The van der Waals surface area contributed by atoms with Crippen molar-refractivity contribution in [3.05, 3.63) is 34.4 Å². The molecule has 0 aliphatic rings. The summed E-state index contributed by atoms with van der Waals surface area (Å²) in [6, 6.07) is 6.29. The lowest BCUT2D eigenvalue weighted by Gasteiger charge is -2.03. The quantitative estimate of drug-likeness (QED) is 0.833. The number of halogens is 1. The van der Waals surface area contributed by atoms with Gasteiger partial charge >= 0.3 is 5.97 Å².